The van der Waals surface area contributed by atoms with Crippen molar-refractivity contribution in [1.29, 1.82) is 0 Å². The number of rotatable bonds is 2. The van der Waals surface area contributed by atoms with Crippen LogP contribution in [0.5, 0.6) is 0 Å². The molecule has 24 heavy (non-hydrogen) atoms. The third-order valence-electron chi connectivity index (χ3n) is 5.32. The molecule has 2 aliphatic rings. The maximum absolute atomic E-state index is 12.6. The molecule has 1 saturated heterocycles. The molecule has 3 heterocycles. The number of nitrogens with zero attached hydrogens (tertiary/aromatic N) is 3. The molecule has 0 saturated carbocycles. The highest BCUT2D eigenvalue weighted by Crippen LogP contribution is 2.34. The summed E-state index contributed by atoms with van der Waals surface area (Å²) < 4.78 is 5.52. The van der Waals surface area contributed by atoms with Crippen LogP contribution in [0.2, 0.25) is 0 Å². The summed E-state index contributed by atoms with van der Waals surface area (Å²) in [6.07, 6.45) is 5.24. The number of carbonyl (C=O) groups excluding carboxylic acids is 1. The number of aromatic nitrogens is 2. The molecule has 0 radical (unpaired) electrons. The lowest BCUT2D eigenvalue weighted by Crippen LogP contribution is -2.35. The lowest BCUT2D eigenvalue weighted by Gasteiger charge is -2.31. The van der Waals surface area contributed by atoms with Gasteiger partial charge in [-0.05, 0) is 37.8 Å². The van der Waals surface area contributed by atoms with Gasteiger partial charge < -0.3 is 9.32 Å². The first kappa shape index (κ1) is 15.4. The molecule has 5 heteroatoms. The SMILES string of the molecule is Cc1nc(N2CCC(C)CC2)nc2c1C(=O)C[C@H](c1ccco1)C2. The van der Waals surface area contributed by atoms with Gasteiger partial charge in [-0.3, -0.25) is 4.79 Å². The van der Waals surface area contributed by atoms with E-state index in [2.05, 4.69) is 16.8 Å². The first-order valence-electron chi connectivity index (χ1n) is 8.81. The normalized spacial score (nSPS) is 21.8. The fourth-order valence-corrected chi connectivity index (χ4v) is 3.83. The summed E-state index contributed by atoms with van der Waals surface area (Å²) in [5.41, 5.74) is 2.43. The molecule has 0 bridgehead atoms. The maximum Gasteiger partial charge on any atom is 0.225 e. The predicted octanol–water partition coefficient (Wildman–Crippen LogP) is 3.53. The molecule has 0 amide bonds. The van der Waals surface area contributed by atoms with E-state index in [1.54, 1.807) is 6.26 Å². The van der Waals surface area contributed by atoms with Gasteiger partial charge in [-0.25, -0.2) is 9.97 Å². The van der Waals surface area contributed by atoms with Crippen molar-refractivity contribution in [3.05, 3.63) is 41.1 Å². The molecule has 0 N–H and O–H groups in total. The average Bonchev–Trinajstić information content (AvgIpc) is 3.09. The van der Waals surface area contributed by atoms with Gasteiger partial charge in [0.05, 0.1) is 23.2 Å². The second kappa shape index (κ2) is 6.04. The zero-order valence-corrected chi connectivity index (χ0v) is 14.3. The number of piperidine rings is 1. The van der Waals surface area contributed by atoms with Crippen molar-refractivity contribution in [2.24, 2.45) is 5.92 Å². The number of Topliss-reactive ketones (excluding diaryl/α,β-unsaturated/α-hetero) is 1. The Kier molecular flexibility index (Phi) is 3.87. The molecule has 4 rings (SSSR count). The van der Waals surface area contributed by atoms with Crippen molar-refractivity contribution in [2.45, 2.75) is 45.4 Å². The monoisotopic (exact) mass is 325 g/mol. The number of ketones is 1. The minimum absolute atomic E-state index is 0.0866. The highest BCUT2D eigenvalue weighted by molar-refractivity contribution is 5.99. The summed E-state index contributed by atoms with van der Waals surface area (Å²) in [6, 6.07) is 3.82. The molecule has 5 nitrogen and oxygen atoms in total. The van der Waals surface area contributed by atoms with Crippen LogP contribution < -0.4 is 4.90 Å². The number of carbonyl (C=O) groups is 1. The highest BCUT2D eigenvalue weighted by atomic mass is 16.3. The molecular weight excluding hydrogens is 302 g/mol. The number of aryl methyl sites for hydroxylation is 1. The van der Waals surface area contributed by atoms with Crippen molar-refractivity contribution in [3.63, 3.8) is 0 Å². The minimum atomic E-state index is 0.0866. The van der Waals surface area contributed by atoms with Crippen LogP contribution in [-0.2, 0) is 6.42 Å². The zero-order valence-electron chi connectivity index (χ0n) is 14.3. The fourth-order valence-electron chi connectivity index (χ4n) is 3.83. The maximum atomic E-state index is 12.6. The van der Waals surface area contributed by atoms with Crippen molar-refractivity contribution >= 4 is 11.7 Å². The molecule has 2 aromatic rings. The quantitative estimate of drug-likeness (QED) is 0.845. The van der Waals surface area contributed by atoms with Gasteiger partial charge >= 0.3 is 0 Å². The molecule has 1 aliphatic heterocycles. The van der Waals surface area contributed by atoms with Gasteiger partial charge in [-0.15, -0.1) is 0 Å². The highest BCUT2D eigenvalue weighted by Gasteiger charge is 2.32. The molecular formula is C19H23N3O2. The van der Waals surface area contributed by atoms with Crippen LogP contribution in [0.4, 0.5) is 5.95 Å². The third kappa shape index (κ3) is 2.72. The van der Waals surface area contributed by atoms with E-state index >= 15 is 0 Å². The minimum Gasteiger partial charge on any atom is -0.469 e. The van der Waals surface area contributed by atoms with Gasteiger partial charge in [0, 0.05) is 31.8 Å². The van der Waals surface area contributed by atoms with Crippen LogP contribution in [-0.4, -0.2) is 28.8 Å². The fraction of sp³-hybridized carbons (Fsp3) is 0.526. The van der Waals surface area contributed by atoms with Crippen LogP contribution in [0.25, 0.3) is 0 Å². The second-order valence-corrected chi connectivity index (χ2v) is 7.14. The largest absolute Gasteiger partial charge is 0.469 e. The number of fused-ring (bicyclic) bond motifs is 1. The molecule has 0 spiro atoms. The van der Waals surface area contributed by atoms with E-state index in [1.807, 2.05) is 19.1 Å². The van der Waals surface area contributed by atoms with E-state index < -0.39 is 0 Å². The third-order valence-corrected chi connectivity index (χ3v) is 5.32. The number of hydrogen-bond donors (Lipinski definition) is 0. The molecule has 2 aromatic heterocycles. The number of furan rings is 1. The topological polar surface area (TPSA) is 59.2 Å². The van der Waals surface area contributed by atoms with Crippen LogP contribution in [0.15, 0.2) is 22.8 Å². The van der Waals surface area contributed by atoms with Gasteiger partial charge in [0.15, 0.2) is 5.78 Å². The van der Waals surface area contributed by atoms with Crippen LogP contribution in [0.1, 0.15) is 59.6 Å². The van der Waals surface area contributed by atoms with Gasteiger partial charge in [0.25, 0.3) is 0 Å². The van der Waals surface area contributed by atoms with E-state index in [1.165, 1.54) is 12.8 Å². The van der Waals surface area contributed by atoms with E-state index in [-0.39, 0.29) is 11.7 Å². The number of hydrogen-bond acceptors (Lipinski definition) is 5. The molecule has 1 fully saturated rings. The molecule has 0 aromatic carbocycles. The average molecular weight is 325 g/mol. The lowest BCUT2D eigenvalue weighted by molar-refractivity contribution is 0.0958. The second-order valence-electron chi connectivity index (χ2n) is 7.14. The van der Waals surface area contributed by atoms with E-state index in [0.29, 0.717) is 6.42 Å². The smallest absolute Gasteiger partial charge is 0.225 e. The number of anilines is 1. The standard InChI is InChI=1S/C19H23N3O2/c1-12-5-7-22(8-6-12)19-20-13(2)18-15(21-19)10-14(11-16(18)23)17-4-3-9-24-17/h3-4,9,12,14H,5-8,10-11H2,1-2H3/t14-/m1/s1. The van der Waals surface area contributed by atoms with Crippen LogP contribution in [0.3, 0.4) is 0 Å². The van der Waals surface area contributed by atoms with Gasteiger partial charge in [0.2, 0.25) is 5.95 Å². The Morgan fingerprint density at radius 3 is 2.71 bits per heavy atom. The summed E-state index contributed by atoms with van der Waals surface area (Å²) in [5.74, 6) is 2.65. The lowest BCUT2D eigenvalue weighted by atomic mass is 9.84. The Hall–Kier alpha value is -2.17. The predicted molar refractivity (Wildman–Crippen MR) is 91.5 cm³/mol. The summed E-state index contributed by atoms with van der Waals surface area (Å²) in [7, 11) is 0. The molecule has 1 aliphatic carbocycles. The van der Waals surface area contributed by atoms with E-state index in [4.69, 9.17) is 9.40 Å². The van der Waals surface area contributed by atoms with Crippen molar-refractivity contribution in [3.8, 4) is 0 Å². The first-order valence-corrected chi connectivity index (χ1v) is 8.81. The molecule has 126 valence electrons. The Balaban J connectivity index is 1.66. The Morgan fingerprint density at radius 2 is 2.00 bits per heavy atom. The van der Waals surface area contributed by atoms with E-state index in [0.717, 1.165) is 54.1 Å². The van der Waals surface area contributed by atoms with Gasteiger partial charge in [-0.1, -0.05) is 6.92 Å². The summed E-state index contributed by atoms with van der Waals surface area (Å²) in [5, 5.41) is 0. The molecule has 1 atom stereocenters. The zero-order chi connectivity index (χ0) is 16.7. The van der Waals surface area contributed by atoms with Crippen molar-refractivity contribution in [1.82, 2.24) is 9.97 Å². The van der Waals surface area contributed by atoms with E-state index in [9.17, 15) is 4.79 Å². The summed E-state index contributed by atoms with van der Waals surface area (Å²) in [4.78, 5) is 24.3. The Bertz CT molecular complexity index is 746. The molecule has 0 unspecified atom stereocenters. The summed E-state index contributed by atoms with van der Waals surface area (Å²) >= 11 is 0. The summed E-state index contributed by atoms with van der Waals surface area (Å²) in [6.45, 7) is 6.22. The van der Waals surface area contributed by atoms with Gasteiger partial charge in [-0.2, -0.15) is 0 Å². The Labute approximate surface area is 142 Å². The van der Waals surface area contributed by atoms with Crippen molar-refractivity contribution < 1.29 is 9.21 Å². The van der Waals surface area contributed by atoms with Crippen LogP contribution >= 0.6 is 0 Å². The Morgan fingerprint density at radius 1 is 1.21 bits per heavy atom. The van der Waals surface area contributed by atoms with Gasteiger partial charge in [0.1, 0.15) is 5.76 Å². The first-order chi connectivity index (χ1) is 11.6. The van der Waals surface area contributed by atoms with Crippen molar-refractivity contribution in [2.75, 3.05) is 18.0 Å². The van der Waals surface area contributed by atoms with Crippen LogP contribution in [0, 0.1) is 12.8 Å².